The van der Waals surface area contributed by atoms with E-state index in [0.717, 1.165) is 12.8 Å². The molecule has 0 fully saturated rings. The molecule has 0 saturated heterocycles. The Hall–Kier alpha value is 0.708. The molecular weight excluding hydrogens is 477 g/mol. The highest BCUT2D eigenvalue weighted by Crippen LogP contribution is 2.32. The number of ether oxygens (including phenoxy) is 2. The van der Waals surface area contributed by atoms with Crippen molar-refractivity contribution in [2.45, 2.75) is 141 Å². The normalized spacial score (nSPS) is 14.2. The van der Waals surface area contributed by atoms with Gasteiger partial charge in [-0.3, -0.25) is 0 Å². The number of methoxy groups -OCH3 is 1. The Morgan fingerprint density at radius 3 is 1.27 bits per heavy atom. The molecule has 0 aromatic heterocycles. The zero-order valence-corrected chi connectivity index (χ0v) is 28.6. The summed E-state index contributed by atoms with van der Waals surface area (Å²) in [6.07, 6.45) is 7.05. The van der Waals surface area contributed by atoms with E-state index in [1.807, 2.05) is 0 Å². The summed E-state index contributed by atoms with van der Waals surface area (Å²) >= 11 is 0. The van der Waals surface area contributed by atoms with Gasteiger partial charge in [-0.05, 0) is 96.3 Å². The van der Waals surface area contributed by atoms with Crippen LogP contribution in [0.25, 0.3) is 0 Å². The molecule has 0 rings (SSSR count). The molecule has 0 aliphatic carbocycles. The monoisotopic (exact) mass is 536 g/mol. The van der Waals surface area contributed by atoms with Crippen LogP contribution < -0.4 is 0 Å². The van der Waals surface area contributed by atoms with E-state index in [1.165, 1.54) is 49.9 Å². The Bertz CT molecular complexity index is 487. The van der Waals surface area contributed by atoms with Crippen LogP contribution in [0, 0.1) is 0 Å². The van der Waals surface area contributed by atoms with Crippen molar-refractivity contribution in [2.24, 2.45) is 0 Å². The zero-order valence-electron chi connectivity index (χ0n) is 24.6. The highest BCUT2D eigenvalue weighted by atomic mass is 28.4. The Morgan fingerprint density at radius 1 is 0.576 bits per heavy atom. The van der Waals surface area contributed by atoms with Gasteiger partial charge in [0.1, 0.15) is 0 Å². The predicted molar refractivity (Wildman–Crippen MR) is 157 cm³/mol. The first-order valence-corrected chi connectivity index (χ1v) is 26.0. The maximum Gasteiger partial charge on any atom is 0.173 e. The van der Waals surface area contributed by atoms with E-state index >= 15 is 0 Å². The quantitative estimate of drug-likeness (QED) is 0.115. The first kappa shape index (κ1) is 33.7. The second-order valence-corrected chi connectivity index (χ2v) is 30.5. The van der Waals surface area contributed by atoms with Gasteiger partial charge in [-0.1, -0.05) is 39.5 Å². The van der Waals surface area contributed by atoms with Crippen LogP contribution in [0.1, 0.15) is 59.3 Å². The van der Waals surface area contributed by atoms with Crippen LogP contribution in [0.4, 0.5) is 0 Å². The fourth-order valence-electron chi connectivity index (χ4n) is 5.32. The summed E-state index contributed by atoms with van der Waals surface area (Å²) < 4.78 is 25.3. The molecule has 0 unspecified atom stereocenters. The Kier molecular flexibility index (Phi) is 15.4. The molecule has 0 heterocycles. The van der Waals surface area contributed by atoms with E-state index in [4.69, 9.17) is 17.7 Å². The van der Waals surface area contributed by atoms with Gasteiger partial charge in [-0.25, -0.2) is 0 Å². The van der Waals surface area contributed by atoms with Crippen LogP contribution in [-0.2, 0) is 17.7 Å². The fraction of sp³-hybridized carbons (Fsp3) is 1.00. The van der Waals surface area contributed by atoms with Crippen molar-refractivity contribution in [3.8, 4) is 0 Å². The fourth-order valence-corrected chi connectivity index (χ4v) is 23.4. The Balaban J connectivity index is 4.88. The highest BCUT2D eigenvalue weighted by Gasteiger charge is 2.35. The van der Waals surface area contributed by atoms with Gasteiger partial charge >= 0.3 is 0 Å². The van der Waals surface area contributed by atoms with E-state index in [9.17, 15) is 0 Å². The average molecular weight is 537 g/mol. The molecule has 0 aromatic rings. The standard InChI is InChI=1S/C25H60O4Si4/c1-13-21-30(5,6)28-32(9,10)23-15-17-25(3,27-20-19-26-4)18-16-24-33(11,12)29-31(7,8)22-14-2/h13-24H2,1-12H3. The lowest BCUT2D eigenvalue weighted by Gasteiger charge is -2.36. The number of rotatable bonds is 20. The molecule has 0 atom stereocenters. The largest absolute Gasteiger partial charge is 0.455 e. The minimum Gasteiger partial charge on any atom is -0.455 e. The first-order chi connectivity index (χ1) is 15.0. The highest BCUT2D eigenvalue weighted by molar-refractivity contribution is 6.85. The lowest BCUT2D eigenvalue weighted by Crippen LogP contribution is -2.44. The van der Waals surface area contributed by atoms with Gasteiger partial charge in [0.2, 0.25) is 0 Å². The second kappa shape index (κ2) is 15.1. The van der Waals surface area contributed by atoms with E-state index in [2.05, 4.69) is 73.1 Å². The molecule has 4 nitrogen and oxygen atoms in total. The summed E-state index contributed by atoms with van der Waals surface area (Å²) in [5, 5.41) is 0. The van der Waals surface area contributed by atoms with Crippen molar-refractivity contribution in [3.63, 3.8) is 0 Å². The van der Waals surface area contributed by atoms with Gasteiger partial charge in [0.15, 0.2) is 33.3 Å². The van der Waals surface area contributed by atoms with Gasteiger partial charge in [0.05, 0.1) is 18.8 Å². The zero-order chi connectivity index (χ0) is 25.8. The Labute approximate surface area is 212 Å². The van der Waals surface area contributed by atoms with Crippen molar-refractivity contribution in [3.05, 3.63) is 0 Å². The molecule has 200 valence electrons. The summed E-state index contributed by atoms with van der Waals surface area (Å²) in [6, 6.07) is 4.97. The van der Waals surface area contributed by atoms with Gasteiger partial charge in [-0.15, -0.1) is 0 Å². The molecule has 0 radical (unpaired) electrons. The predicted octanol–water partition coefficient (Wildman–Crippen LogP) is 8.64. The van der Waals surface area contributed by atoms with Crippen molar-refractivity contribution >= 4 is 33.3 Å². The third kappa shape index (κ3) is 16.9. The maximum atomic E-state index is 6.78. The van der Waals surface area contributed by atoms with Crippen molar-refractivity contribution in [1.82, 2.24) is 0 Å². The SMILES string of the molecule is CCC[Si](C)(C)O[Si](C)(C)CCCC(C)(CCC[Si](C)(C)O[Si](C)(C)CCC)OCCOC. The van der Waals surface area contributed by atoms with Crippen LogP contribution >= 0.6 is 0 Å². The molecule has 0 aromatic carbocycles. The second-order valence-electron chi connectivity index (χ2n) is 12.7. The third-order valence-electron chi connectivity index (χ3n) is 6.52. The Morgan fingerprint density at radius 2 is 0.939 bits per heavy atom. The van der Waals surface area contributed by atoms with Gasteiger partial charge < -0.3 is 17.7 Å². The molecule has 0 aliphatic heterocycles. The van der Waals surface area contributed by atoms with Crippen molar-refractivity contribution in [1.29, 1.82) is 0 Å². The average Bonchev–Trinajstić information content (AvgIpc) is 2.59. The van der Waals surface area contributed by atoms with Crippen molar-refractivity contribution < 1.29 is 17.7 Å². The molecule has 33 heavy (non-hydrogen) atoms. The van der Waals surface area contributed by atoms with E-state index < -0.39 is 33.3 Å². The van der Waals surface area contributed by atoms with Crippen LogP contribution in [0.15, 0.2) is 0 Å². The lowest BCUT2D eigenvalue weighted by molar-refractivity contribution is -0.0619. The van der Waals surface area contributed by atoms with Gasteiger partial charge in [0, 0.05) is 7.11 Å². The summed E-state index contributed by atoms with van der Waals surface area (Å²) in [5.41, 5.74) is -0.0831. The molecular formula is C25H60O4Si4. The van der Waals surface area contributed by atoms with Gasteiger partial charge in [0.25, 0.3) is 0 Å². The summed E-state index contributed by atoms with van der Waals surface area (Å²) in [5.74, 6) is 0. The molecule has 0 amide bonds. The summed E-state index contributed by atoms with van der Waals surface area (Å²) in [6.45, 7) is 27.4. The maximum absolute atomic E-state index is 6.78. The molecule has 0 N–H and O–H groups in total. The number of hydrogen-bond acceptors (Lipinski definition) is 4. The number of hydrogen-bond donors (Lipinski definition) is 0. The van der Waals surface area contributed by atoms with E-state index in [-0.39, 0.29) is 5.60 Å². The van der Waals surface area contributed by atoms with Crippen LogP contribution in [-0.4, -0.2) is 59.2 Å². The minimum atomic E-state index is -1.64. The van der Waals surface area contributed by atoms with Crippen LogP contribution in [0.3, 0.4) is 0 Å². The van der Waals surface area contributed by atoms with E-state index in [0.29, 0.717) is 13.2 Å². The third-order valence-corrected chi connectivity index (χ3v) is 21.9. The van der Waals surface area contributed by atoms with Crippen molar-refractivity contribution in [2.75, 3.05) is 20.3 Å². The molecule has 0 aliphatic rings. The van der Waals surface area contributed by atoms with Crippen LogP contribution in [0.2, 0.25) is 76.6 Å². The summed E-state index contributed by atoms with van der Waals surface area (Å²) in [4.78, 5) is 0. The lowest BCUT2D eigenvalue weighted by atomic mass is 9.94. The molecule has 0 bridgehead atoms. The van der Waals surface area contributed by atoms with E-state index in [1.54, 1.807) is 7.11 Å². The minimum absolute atomic E-state index is 0.0831. The molecule has 8 heteroatoms. The van der Waals surface area contributed by atoms with Crippen LogP contribution in [0.5, 0.6) is 0 Å². The van der Waals surface area contributed by atoms with Gasteiger partial charge in [-0.2, -0.15) is 0 Å². The summed E-state index contributed by atoms with van der Waals surface area (Å²) in [7, 11) is -4.56. The topological polar surface area (TPSA) is 36.9 Å². The molecule has 0 spiro atoms. The first-order valence-electron chi connectivity index (χ1n) is 13.5. The smallest absolute Gasteiger partial charge is 0.173 e. The molecule has 0 saturated carbocycles.